The summed E-state index contributed by atoms with van der Waals surface area (Å²) in [5.41, 5.74) is 3.26. The summed E-state index contributed by atoms with van der Waals surface area (Å²) < 4.78 is 13.0. The number of hydrogen-bond donors (Lipinski definition) is 1. The van der Waals surface area contributed by atoms with Gasteiger partial charge in [-0.05, 0) is 36.8 Å². The van der Waals surface area contributed by atoms with Crippen molar-refractivity contribution in [3.63, 3.8) is 0 Å². The Morgan fingerprint density at radius 1 is 1.20 bits per heavy atom. The first-order chi connectivity index (χ1) is 11.9. The van der Waals surface area contributed by atoms with Gasteiger partial charge in [0, 0.05) is 12.1 Å². The number of nitrogens with one attached hydrogen (secondary N) is 1. The minimum absolute atomic E-state index is 0.377. The molecule has 7 heteroatoms. The lowest BCUT2D eigenvalue weighted by molar-refractivity contribution is 0.202. The summed E-state index contributed by atoms with van der Waals surface area (Å²) in [6.07, 6.45) is 0.456. The first-order valence-electron chi connectivity index (χ1n) is 7.72. The quantitative estimate of drug-likeness (QED) is 0.753. The van der Waals surface area contributed by atoms with Crippen LogP contribution in [0, 0.1) is 12.7 Å². The molecule has 4 nitrogen and oxygen atoms in total. The van der Waals surface area contributed by atoms with Gasteiger partial charge in [-0.2, -0.15) is 5.10 Å². The van der Waals surface area contributed by atoms with Gasteiger partial charge >= 0.3 is 6.03 Å². The number of carbonyl (C=O) groups excluding carboxylic acids is 1. The highest BCUT2D eigenvalue weighted by Crippen LogP contribution is 2.28. The third kappa shape index (κ3) is 4.11. The van der Waals surface area contributed by atoms with Crippen LogP contribution in [0.3, 0.4) is 0 Å². The van der Waals surface area contributed by atoms with Crippen molar-refractivity contribution in [2.24, 2.45) is 5.10 Å². The van der Waals surface area contributed by atoms with Crippen molar-refractivity contribution in [2.75, 3.05) is 5.32 Å². The Morgan fingerprint density at radius 2 is 1.84 bits per heavy atom. The van der Waals surface area contributed by atoms with Crippen molar-refractivity contribution in [1.82, 2.24) is 5.01 Å². The molecule has 2 aromatic rings. The van der Waals surface area contributed by atoms with E-state index in [-0.39, 0.29) is 5.82 Å². The normalized spacial score (nSPS) is 16.9. The fourth-order valence-corrected chi connectivity index (χ4v) is 2.95. The number of benzene rings is 2. The highest BCUT2D eigenvalue weighted by Gasteiger charge is 2.36. The number of hydrazone groups is 1. The summed E-state index contributed by atoms with van der Waals surface area (Å²) in [7, 11) is 0. The molecule has 1 heterocycles. The predicted octanol–water partition coefficient (Wildman–Crippen LogP) is 4.95. The molecule has 0 aromatic heterocycles. The summed E-state index contributed by atoms with van der Waals surface area (Å²) in [5, 5.41) is 8.33. The van der Waals surface area contributed by atoms with E-state index in [1.54, 1.807) is 0 Å². The molecule has 0 radical (unpaired) electrons. The van der Waals surface area contributed by atoms with Crippen LogP contribution < -0.4 is 5.32 Å². The molecule has 0 saturated carbocycles. The van der Waals surface area contributed by atoms with Crippen LogP contribution in [0.4, 0.5) is 14.9 Å². The number of halogens is 3. The molecule has 2 aromatic carbocycles. The molecule has 0 fully saturated rings. The minimum Gasteiger partial charge on any atom is -0.306 e. The van der Waals surface area contributed by atoms with Crippen molar-refractivity contribution >= 4 is 40.6 Å². The van der Waals surface area contributed by atoms with Crippen LogP contribution in [0.5, 0.6) is 0 Å². The van der Waals surface area contributed by atoms with Gasteiger partial charge in [-0.15, -0.1) is 23.2 Å². The molecule has 0 aliphatic carbocycles. The summed E-state index contributed by atoms with van der Waals surface area (Å²) in [4.78, 5) is 11.8. The zero-order valence-corrected chi connectivity index (χ0v) is 14.9. The average molecular weight is 380 g/mol. The summed E-state index contributed by atoms with van der Waals surface area (Å²) in [6.45, 7) is 2.00. The molecule has 1 unspecified atom stereocenters. The molecular weight excluding hydrogens is 364 g/mol. The van der Waals surface area contributed by atoms with Crippen molar-refractivity contribution in [3.05, 3.63) is 65.5 Å². The van der Waals surface area contributed by atoms with Crippen LogP contribution in [0.1, 0.15) is 17.5 Å². The lowest BCUT2D eigenvalue weighted by Crippen LogP contribution is -2.39. The van der Waals surface area contributed by atoms with Crippen LogP contribution in [0.15, 0.2) is 53.6 Å². The van der Waals surface area contributed by atoms with E-state index in [1.807, 2.05) is 31.2 Å². The van der Waals surface area contributed by atoms with Crippen molar-refractivity contribution in [2.45, 2.75) is 24.2 Å². The first-order valence-corrected chi connectivity index (χ1v) is 8.60. The maximum Gasteiger partial charge on any atom is 0.342 e. The number of aryl methyl sites for hydroxylation is 1. The maximum absolute atomic E-state index is 13.0. The molecule has 130 valence electrons. The second-order valence-electron chi connectivity index (χ2n) is 5.80. The number of urea groups is 1. The Balaban J connectivity index is 1.82. The molecule has 1 atom stereocenters. The summed E-state index contributed by atoms with van der Waals surface area (Å²) >= 11 is 12.1. The number of carbonyl (C=O) groups is 1. The Morgan fingerprint density at radius 3 is 2.44 bits per heavy atom. The molecule has 0 spiro atoms. The van der Waals surface area contributed by atoms with Gasteiger partial charge in [-0.3, -0.25) is 0 Å². The lowest BCUT2D eigenvalue weighted by atomic mass is 10.0. The fourth-order valence-electron chi connectivity index (χ4n) is 2.56. The van der Waals surface area contributed by atoms with E-state index in [0.29, 0.717) is 12.1 Å². The number of rotatable bonds is 3. The van der Waals surface area contributed by atoms with E-state index in [1.165, 1.54) is 29.3 Å². The zero-order valence-electron chi connectivity index (χ0n) is 13.4. The van der Waals surface area contributed by atoms with Crippen molar-refractivity contribution in [1.29, 1.82) is 0 Å². The lowest BCUT2D eigenvalue weighted by Gasteiger charge is -2.22. The largest absolute Gasteiger partial charge is 0.342 e. The monoisotopic (exact) mass is 379 g/mol. The average Bonchev–Trinajstić information content (AvgIpc) is 3.03. The second-order valence-corrected chi connectivity index (χ2v) is 6.96. The topological polar surface area (TPSA) is 44.7 Å². The molecule has 3 rings (SSSR count). The smallest absolute Gasteiger partial charge is 0.306 e. The van der Waals surface area contributed by atoms with E-state index < -0.39 is 16.9 Å². The minimum atomic E-state index is -0.786. The molecular formula is C18H16Cl2FN3O. The predicted molar refractivity (Wildman–Crippen MR) is 98.9 cm³/mol. The molecule has 0 saturated heterocycles. The van der Waals surface area contributed by atoms with Crippen LogP contribution in [-0.4, -0.2) is 27.6 Å². The third-order valence-electron chi connectivity index (χ3n) is 3.92. The molecule has 0 bridgehead atoms. The van der Waals surface area contributed by atoms with Crippen LogP contribution >= 0.6 is 23.2 Å². The number of alkyl halides is 2. The highest BCUT2D eigenvalue weighted by molar-refractivity contribution is 6.45. The Labute approximate surface area is 155 Å². The van der Waals surface area contributed by atoms with Gasteiger partial charge in [-0.1, -0.05) is 29.8 Å². The fraction of sp³-hybridized carbons (Fsp3) is 0.222. The Kier molecular flexibility index (Phi) is 5.25. The number of nitrogens with zero attached hydrogens (tertiary/aromatic N) is 2. The van der Waals surface area contributed by atoms with E-state index >= 15 is 0 Å². The van der Waals surface area contributed by atoms with Crippen LogP contribution in [0.2, 0.25) is 0 Å². The molecule has 2 amide bonds. The maximum atomic E-state index is 13.0. The van der Waals surface area contributed by atoms with E-state index in [0.717, 1.165) is 16.8 Å². The van der Waals surface area contributed by atoms with Gasteiger partial charge < -0.3 is 5.32 Å². The highest BCUT2D eigenvalue weighted by atomic mass is 35.5. The van der Waals surface area contributed by atoms with Gasteiger partial charge in [0.15, 0.2) is 0 Å². The van der Waals surface area contributed by atoms with E-state index in [2.05, 4.69) is 10.4 Å². The molecule has 1 aliphatic heterocycles. The molecule has 1 aliphatic rings. The number of hydrogen-bond acceptors (Lipinski definition) is 2. The SMILES string of the molecule is Cc1ccc(C2=NN(C(=O)Nc3ccc(F)cc3)C(C(Cl)Cl)C2)cc1. The summed E-state index contributed by atoms with van der Waals surface area (Å²) in [6, 6.07) is 12.4. The Bertz CT molecular complexity index is 791. The zero-order chi connectivity index (χ0) is 18.0. The molecule has 1 N–H and O–H groups in total. The summed E-state index contributed by atoms with van der Waals surface area (Å²) in [5.74, 6) is -0.377. The standard InChI is InChI=1S/C18H16Cl2FN3O/c1-11-2-4-12(5-3-11)15-10-16(17(19)20)24(23-15)18(25)22-14-8-6-13(21)7-9-14/h2-9,16-17H,10H2,1H3,(H,22,25). The van der Waals surface area contributed by atoms with E-state index in [4.69, 9.17) is 23.2 Å². The Hall–Kier alpha value is -2.11. The van der Waals surface area contributed by atoms with Gasteiger partial charge in [0.05, 0.1) is 11.8 Å². The molecule has 25 heavy (non-hydrogen) atoms. The van der Waals surface area contributed by atoms with Gasteiger partial charge in [0.2, 0.25) is 0 Å². The van der Waals surface area contributed by atoms with Crippen LogP contribution in [0.25, 0.3) is 0 Å². The van der Waals surface area contributed by atoms with E-state index in [9.17, 15) is 9.18 Å². The second kappa shape index (κ2) is 7.42. The number of amides is 2. The van der Waals surface area contributed by atoms with Gasteiger partial charge in [0.25, 0.3) is 0 Å². The van der Waals surface area contributed by atoms with Gasteiger partial charge in [-0.25, -0.2) is 14.2 Å². The van der Waals surface area contributed by atoms with Gasteiger partial charge in [0.1, 0.15) is 10.7 Å². The third-order valence-corrected chi connectivity index (χ3v) is 4.51. The van der Waals surface area contributed by atoms with Crippen molar-refractivity contribution in [3.8, 4) is 0 Å². The van der Waals surface area contributed by atoms with Crippen LogP contribution in [-0.2, 0) is 0 Å². The first kappa shape index (κ1) is 17.7. The number of anilines is 1. The van der Waals surface area contributed by atoms with Crippen molar-refractivity contribution < 1.29 is 9.18 Å².